The van der Waals surface area contributed by atoms with Crippen LogP contribution in [0.4, 0.5) is 0 Å². The lowest BCUT2D eigenvalue weighted by atomic mass is 9.62. The van der Waals surface area contributed by atoms with Crippen LogP contribution >= 0.6 is 0 Å². The van der Waals surface area contributed by atoms with E-state index in [4.69, 9.17) is 4.74 Å². The van der Waals surface area contributed by atoms with Gasteiger partial charge in [-0.2, -0.15) is 0 Å². The molecule has 0 aliphatic carbocycles. The molecule has 0 aliphatic heterocycles. The molecular formula is C35H70O2. The highest BCUT2D eigenvalue weighted by atomic mass is 16.5. The fourth-order valence-corrected chi connectivity index (χ4v) is 7.21. The van der Waals surface area contributed by atoms with E-state index in [1.165, 1.54) is 7.11 Å². The highest BCUT2D eigenvalue weighted by Gasteiger charge is 2.38. The molecule has 0 aromatic carbocycles. The van der Waals surface area contributed by atoms with Crippen LogP contribution in [0.2, 0.25) is 0 Å². The Morgan fingerprint density at radius 3 is 0.730 bits per heavy atom. The minimum Gasteiger partial charge on any atom is -0.469 e. The van der Waals surface area contributed by atoms with Crippen molar-refractivity contribution in [2.75, 3.05) is 7.11 Å². The third-order valence-corrected chi connectivity index (χ3v) is 13.2. The Hall–Kier alpha value is -0.530. The van der Waals surface area contributed by atoms with Gasteiger partial charge in [0.25, 0.3) is 0 Å². The van der Waals surface area contributed by atoms with E-state index < -0.39 is 0 Å². The molecule has 222 valence electrons. The molecule has 0 aromatic heterocycles. The maximum atomic E-state index is 12.1. The summed E-state index contributed by atoms with van der Waals surface area (Å²) in [6.45, 7) is 41.2. The summed E-state index contributed by atoms with van der Waals surface area (Å²) in [6.07, 6.45) is 0. The van der Waals surface area contributed by atoms with Crippen molar-refractivity contribution in [1.29, 1.82) is 0 Å². The van der Waals surface area contributed by atoms with Gasteiger partial charge in [0, 0.05) is 0 Å². The Bertz CT molecular complexity index is 641. The van der Waals surface area contributed by atoms with Crippen LogP contribution < -0.4 is 0 Å². The van der Waals surface area contributed by atoms with Crippen LogP contribution in [-0.2, 0) is 9.53 Å². The number of esters is 1. The Morgan fingerprint density at radius 2 is 0.541 bits per heavy atom. The first kappa shape index (κ1) is 36.5. The first-order valence-corrected chi connectivity index (χ1v) is 15.9. The maximum Gasteiger partial charge on any atom is 0.308 e. The average Bonchev–Trinajstić information content (AvgIpc) is 2.89. The summed E-state index contributed by atoms with van der Waals surface area (Å²) in [5.41, 5.74) is 0. The van der Waals surface area contributed by atoms with Gasteiger partial charge in [0.1, 0.15) is 0 Å². The first-order chi connectivity index (χ1) is 16.8. The van der Waals surface area contributed by atoms with Crippen molar-refractivity contribution in [2.45, 2.75) is 118 Å². The lowest BCUT2D eigenvalue weighted by molar-refractivity contribution is -0.147. The van der Waals surface area contributed by atoms with Gasteiger partial charge in [0.2, 0.25) is 0 Å². The number of methoxy groups -OCH3 is 1. The van der Waals surface area contributed by atoms with Gasteiger partial charge in [-0.3, -0.25) is 4.79 Å². The van der Waals surface area contributed by atoms with Gasteiger partial charge < -0.3 is 4.74 Å². The Labute approximate surface area is 234 Å². The number of hydrogen-bond acceptors (Lipinski definition) is 2. The molecule has 0 radical (unpaired) electrons. The molecule has 0 fully saturated rings. The second-order valence-electron chi connectivity index (χ2n) is 14.6. The van der Waals surface area contributed by atoms with E-state index in [1.807, 2.05) is 6.92 Å². The minimum absolute atomic E-state index is 0.0562. The molecule has 37 heavy (non-hydrogen) atoms. The maximum absolute atomic E-state index is 12.1. The normalized spacial score (nSPS) is 24.8. The fourth-order valence-electron chi connectivity index (χ4n) is 7.21. The van der Waals surface area contributed by atoms with Crippen LogP contribution in [0, 0.1) is 94.7 Å². The highest BCUT2D eigenvalue weighted by Crippen LogP contribution is 2.44. The standard InChI is InChI=1S/C35H70O2/c1-19(2)20(3)21(4)22(5)23(6)24(7)25(8)26(9)27(10)28(11)29(12)30(13)31(14)32(15)33(16)34(17)35(36)37-18/h19-34H,1-18H3/t20-,21?,22-,23+,24-,25+,26+,27+,28+,29-,30+,31-,32+,33-,34+/m1/s1. The second-order valence-corrected chi connectivity index (χ2v) is 14.6. The average molecular weight is 523 g/mol. The summed E-state index contributed by atoms with van der Waals surface area (Å²) in [7, 11) is 1.50. The second kappa shape index (κ2) is 15.9. The van der Waals surface area contributed by atoms with Crippen molar-refractivity contribution < 1.29 is 9.53 Å². The number of ether oxygens (including phenoxy) is 1. The number of carbonyl (C=O) groups is 1. The Balaban J connectivity index is 5.35. The molecule has 0 saturated heterocycles. The molecule has 15 atom stereocenters. The zero-order chi connectivity index (χ0) is 29.5. The van der Waals surface area contributed by atoms with E-state index in [0.29, 0.717) is 59.2 Å². The molecule has 0 N–H and O–H groups in total. The third kappa shape index (κ3) is 9.27. The quantitative estimate of drug-likeness (QED) is 0.188. The van der Waals surface area contributed by atoms with Gasteiger partial charge in [-0.15, -0.1) is 0 Å². The van der Waals surface area contributed by atoms with Gasteiger partial charge in [-0.25, -0.2) is 0 Å². The molecule has 0 heterocycles. The van der Waals surface area contributed by atoms with E-state index in [1.54, 1.807) is 0 Å². The first-order valence-electron chi connectivity index (χ1n) is 15.9. The summed E-state index contributed by atoms with van der Waals surface area (Å²) in [5, 5.41) is 0. The smallest absolute Gasteiger partial charge is 0.308 e. The van der Waals surface area contributed by atoms with Gasteiger partial charge >= 0.3 is 5.97 Å². The van der Waals surface area contributed by atoms with E-state index in [-0.39, 0.29) is 11.9 Å². The third-order valence-electron chi connectivity index (χ3n) is 13.2. The zero-order valence-electron chi connectivity index (χ0n) is 28.6. The zero-order valence-corrected chi connectivity index (χ0v) is 28.6. The number of rotatable bonds is 16. The molecular weight excluding hydrogens is 452 g/mol. The molecule has 0 amide bonds. The molecule has 0 bridgehead atoms. The minimum atomic E-state index is -0.0808. The van der Waals surface area contributed by atoms with Gasteiger partial charge in [0.05, 0.1) is 13.0 Å². The number of hydrogen-bond donors (Lipinski definition) is 0. The van der Waals surface area contributed by atoms with Crippen molar-refractivity contribution >= 4 is 5.97 Å². The monoisotopic (exact) mass is 523 g/mol. The van der Waals surface area contributed by atoms with E-state index in [2.05, 4.69) is 111 Å². The van der Waals surface area contributed by atoms with Crippen LogP contribution in [0.5, 0.6) is 0 Å². The van der Waals surface area contributed by atoms with Crippen LogP contribution in [0.1, 0.15) is 118 Å². The van der Waals surface area contributed by atoms with Gasteiger partial charge in [0.15, 0.2) is 0 Å². The molecule has 2 nitrogen and oxygen atoms in total. The topological polar surface area (TPSA) is 26.3 Å². The summed E-state index contributed by atoms with van der Waals surface area (Å²) in [4.78, 5) is 12.1. The molecule has 2 heteroatoms. The van der Waals surface area contributed by atoms with Crippen molar-refractivity contribution in [2.24, 2.45) is 94.7 Å². The molecule has 0 aromatic rings. The van der Waals surface area contributed by atoms with Gasteiger partial charge in [-0.1, -0.05) is 118 Å². The molecule has 0 aliphatic rings. The van der Waals surface area contributed by atoms with Gasteiger partial charge in [-0.05, 0) is 88.8 Å². The van der Waals surface area contributed by atoms with Crippen molar-refractivity contribution in [1.82, 2.24) is 0 Å². The largest absolute Gasteiger partial charge is 0.469 e. The number of carbonyl (C=O) groups excluding carboxylic acids is 1. The summed E-state index contributed by atoms with van der Waals surface area (Å²) < 4.78 is 5.04. The van der Waals surface area contributed by atoms with Crippen LogP contribution in [0.15, 0.2) is 0 Å². The summed E-state index contributed by atoms with van der Waals surface area (Å²) >= 11 is 0. The van der Waals surface area contributed by atoms with Crippen molar-refractivity contribution in [3.8, 4) is 0 Å². The van der Waals surface area contributed by atoms with Crippen LogP contribution in [0.3, 0.4) is 0 Å². The lowest BCUT2D eigenvalue weighted by Gasteiger charge is -2.43. The van der Waals surface area contributed by atoms with Crippen molar-refractivity contribution in [3.05, 3.63) is 0 Å². The summed E-state index contributed by atoms with van der Waals surface area (Å²) in [6, 6.07) is 0. The molecule has 0 spiro atoms. The SMILES string of the molecule is COC(=O)[C@@H](C)[C@H](C)[C@@H](C)[C@H](C)[C@@H](C)[C@H](C)[C@@H](C)[C@@H](C)[C@@H](C)[C@@H](C)[C@H](C)[C@@H](C)[C@H](C)C(C)[C@H](C)C(C)C. The molecule has 0 rings (SSSR count). The van der Waals surface area contributed by atoms with E-state index in [9.17, 15) is 4.79 Å². The fraction of sp³-hybridized carbons (Fsp3) is 0.971. The van der Waals surface area contributed by atoms with Crippen LogP contribution in [0.25, 0.3) is 0 Å². The van der Waals surface area contributed by atoms with E-state index >= 15 is 0 Å². The Kier molecular flexibility index (Phi) is 15.7. The van der Waals surface area contributed by atoms with Crippen LogP contribution in [-0.4, -0.2) is 13.1 Å². The highest BCUT2D eigenvalue weighted by molar-refractivity contribution is 5.72. The predicted octanol–water partition coefficient (Wildman–Crippen LogP) is 10.4. The lowest BCUT2D eigenvalue weighted by Crippen LogP contribution is -2.37. The molecule has 0 saturated carbocycles. The predicted molar refractivity (Wildman–Crippen MR) is 164 cm³/mol. The Morgan fingerprint density at radius 1 is 0.351 bits per heavy atom. The summed E-state index contributed by atoms with van der Waals surface area (Å²) in [5.74, 6) is 9.65. The van der Waals surface area contributed by atoms with E-state index in [0.717, 1.165) is 29.6 Å². The van der Waals surface area contributed by atoms with Crippen molar-refractivity contribution in [3.63, 3.8) is 0 Å². The molecule has 1 unspecified atom stereocenters.